The largest absolute Gasteiger partial charge is 0.505 e. The third kappa shape index (κ3) is 3.73. The van der Waals surface area contributed by atoms with Crippen molar-refractivity contribution in [3.63, 3.8) is 0 Å². The van der Waals surface area contributed by atoms with Crippen LogP contribution in [-0.2, 0) is 6.54 Å². The molecule has 0 radical (unpaired) electrons. The van der Waals surface area contributed by atoms with E-state index >= 15 is 0 Å². The van der Waals surface area contributed by atoms with E-state index in [-0.39, 0.29) is 11.8 Å². The van der Waals surface area contributed by atoms with Crippen LogP contribution in [0.15, 0.2) is 42.5 Å². The Morgan fingerprint density at radius 2 is 2.00 bits per heavy atom. The lowest BCUT2D eigenvalue weighted by molar-refractivity contribution is 0.396. The van der Waals surface area contributed by atoms with E-state index in [9.17, 15) is 9.50 Å². The van der Waals surface area contributed by atoms with Crippen LogP contribution < -0.4 is 10.1 Å². The summed E-state index contributed by atoms with van der Waals surface area (Å²) >= 11 is 0. The van der Waals surface area contributed by atoms with Crippen LogP contribution in [0.3, 0.4) is 0 Å². The average molecular weight is 289 g/mol. The first-order valence-electron chi connectivity index (χ1n) is 6.99. The summed E-state index contributed by atoms with van der Waals surface area (Å²) in [6, 6.07) is 12.4. The summed E-state index contributed by atoms with van der Waals surface area (Å²) in [4.78, 5) is 0. The summed E-state index contributed by atoms with van der Waals surface area (Å²) in [5, 5.41) is 12.6. The van der Waals surface area contributed by atoms with Gasteiger partial charge in [0.15, 0.2) is 11.6 Å². The maximum atomic E-state index is 13.3. The predicted molar refractivity (Wildman–Crippen MR) is 80.9 cm³/mol. The van der Waals surface area contributed by atoms with Gasteiger partial charge in [0.05, 0.1) is 7.11 Å². The van der Waals surface area contributed by atoms with Crippen LogP contribution in [0.4, 0.5) is 4.39 Å². The number of para-hydroxylation sites is 1. The van der Waals surface area contributed by atoms with Crippen molar-refractivity contribution < 1.29 is 14.2 Å². The fourth-order valence-electron chi connectivity index (χ4n) is 2.33. The summed E-state index contributed by atoms with van der Waals surface area (Å²) in [6.45, 7) is 2.61. The van der Waals surface area contributed by atoms with Gasteiger partial charge in [0.1, 0.15) is 5.75 Å². The molecule has 0 aliphatic heterocycles. The van der Waals surface area contributed by atoms with Crippen molar-refractivity contribution in [2.24, 2.45) is 0 Å². The Balaban J connectivity index is 2.10. The van der Waals surface area contributed by atoms with Crippen molar-refractivity contribution in [1.29, 1.82) is 0 Å². The monoisotopic (exact) mass is 289 g/mol. The number of phenols is 1. The Hall–Kier alpha value is -2.07. The second-order valence-electron chi connectivity index (χ2n) is 4.87. The molecule has 0 heterocycles. The summed E-state index contributed by atoms with van der Waals surface area (Å²) in [6.07, 6.45) is 0.890. The average Bonchev–Trinajstić information content (AvgIpc) is 2.51. The Labute approximate surface area is 124 Å². The van der Waals surface area contributed by atoms with Gasteiger partial charge < -0.3 is 15.2 Å². The minimum Gasteiger partial charge on any atom is -0.505 e. The van der Waals surface area contributed by atoms with Gasteiger partial charge in [-0.15, -0.1) is 0 Å². The molecule has 2 N–H and O–H groups in total. The molecule has 1 unspecified atom stereocenters. The van der Waals surface area contributed by atoms with Gasteiger partial charge in [0.25, 0.3) is 0 Å². The molecule has 3 nitrogen and oxygen atoms in total. The highest BCUT2D eigenvalue weighted by molar-refractivity contribution is 5.36. The van der Waals surface area contributed by atoms with Gasteiger partial charge in [-0.2, -0.15) is 0 Å². The lowest BCUT2D eigenvalue weighted by Gasteiger charge is -2.20. The van der Waals surface area contributed by atoms with Crippen molar-refractivity contribution in [2.75, 3.05) is 7.11 Å². The molecular weight excluding hydrogens is 269 g/mol. The summed E-state index contributed by atoms with van der Waals surface area (Å²) in [5.74, 6) is -0.0797. The van der Waals surface area contributed by atoms with Gasteiger partial charge >= 0.3 is 0 Å². The summed E-state index contributed by atoms with van der Waals surface area (Å²) in [7, 11) is 1.65. The lowest BCUT2D eigenvalue weighted by Crippen LogP contribution is -2.20. The third-order valence-electron chi connectivity index (χ3n) is 3.49. The minimum atomic E-state index is -0.598. The number of hydrogen-bond donors (Lipinski definition) is 2. The molecule has 0 aromatic heterocycles. The molecular formula is C17H20FNO2. The van der Waals surface area contributed by atoms with Crippen molar-refractivity contribution in [2.45, 2.75) is 25.9 Å². The molecule has 1 atom stereocenters. The molecule has 0 fully saturated rings. The fourth-order valence-corrected chi connectivity index (χ4v) is 2.33. The second kappa shape index (κ2) is 7.09. The van der Waals surface area contributed by atoms with E-state index < -0.39 is 5.82 Å². The van der Waals surface area contributed by atoms with Crippen molar-refractivity contribution in [1.82, 2.24) is 5.32 Å². The molecule has 2 aromatic rings. The molecule has 0 saturated heterocycles. The molecule has 21 heavy (non-hydrogen) atoms. The highest BCUT2D eigenvalue weighted by Gasteiger charge is 2.13. The first kappa shape index (κ1) is 15.3. The molecule has 2 aromatic carbocycles. The van der Waals surface area contributed by atoms with E-state index in [4.69, 9.17) is 4.74 Å². The molecule has 4 heteroatoms. The minimum absolute atomic E-state index is 0.123. The number of hydrogen-bond acceptors (Lipinski definition) is 3. The maximum absolute atomic E-state index is 13.3. The SMILES string of the molecule is CCC(NCc1ccc(O)c(F)c1)c1ccccc1OC. The van der Waals surface area contributed by atoms with Crippen LogP contribution in [0.25, 0.3) is 0 Å². The van der Waals surface area contributed by atoms with Crippen molar-refractivity contribution >= 4 is 0 Å². The van der Waals surface area contributed by atoms with Crippen molar-refractivity contribution in [3.05, 3.63) is 59.4 Å². The Kier molecular flexibility index (Phi) is 5.17. The van der Waals surface area contributed by atoms with E-state index in [1.54, 1.807) is 13.2 Å². The Morgan fingerprint density at radius 3 is 2.67 bits per heavy atom. The molecule has 0 saturated carbocycles. The van der Waals surface area contributed by atoms with Crippen LogP contribution in [0.1, 0.15) is 30.5 Å². The summed E-state index contributed by atoms with van der Waals surface area (Å²) in [5.41, 5.74) is 1.88. The fraction of sp³-hybridized carbons (Fsp3) is 0.294. The Morgan fingerprint density at radius 1 is 1.24 bits per heavy atom. The van der Waals surface area contributed by atoms with Crippen LogP contribution in [0.2, 0.25) is 0 Å². The zero-order chi connectivity index (χ0) is 15.2. The van der Waals surface area contributed by atoms with Gasteiger partial charge in [-0.3, -0.25) is 0 Å². The van der Waals surface area contributed by atoms with Gasteiger partial charge in [-0.05, 0) is 30.2 Å². The van der Waals surface area contributed by atoms with Gasteiger partial charge in [-0.25, -0.2) is 4.39 Å². The van der Waals surface area contributed by atoms with E-state index in [0.29, 0.717) is 6.54 Å². The molecule has 0 spiro atoms. The lowest BCUT2D eigenvalue weighted by atomic mass is 10.0. The highest BCUT2D eigenvalue weighted by Crippen LogP contribution is 2.27. The number of rotatable bonds is 6. The van der Waals surface area contributed by atoms with Gasteiger partial charge in [0.2, 0.25) is 0 Å². The topological polar surface area (TPSA) is 41.5 Å². The molecule has 112 valence electrons. The number of ether oxygens (including phenoxy) is 1. The molecule has 0 bridgehead atoms. The van der Waals surface area contributed by atoms with E-state index in [2.05, 4.69) is 12.2 Å². The zero-order valence-electron chi connectivity index (χ0n) is 12.3. The number of benzene rings is 2. The quantitative estimate of drug-likeness (QED) is 0.850. The highest BCUT2D eigenvalue weighted by atomic mass is 19.1. The van der Waals surface area contributed by atoms with E-state index in [1.807, 2.05) is 24.3 Å². The van der Waals surface area contributed by atoms with Crippen LogP contribution in [-0.4, -0.2) is 12.2 Å². The molecule has 0 amide bonds. The van der Waals surface area contributed by atoms with Crippen LogP contribution >= 0.6 is 0 Å². The molecule has 0 aliphatic carbocycles. The molecule has 2 rings (SSSR count). The van der Waals surface area contributed by atoms with Crippen LogP contribution in [0, 0.1) is 5.82 Å². The second-order valence-corrected chi connectivity index (χ2v) is 4.87. The number of phenolic OH excluding ortho intramolecular Hbond substituents is 1. The number of methoxy groups -OCH3 is 1. The normalized spacial score (nSPS) is 12.1. The number of halogens is 1. The van der Waals surface area contributed by atoms with E-state index in [0.717, 1.165) is 23.3 Å². The third-order valence-corrected chi connectivity index (χ3v) is 3.49. The standard InChI is InChI=1S/C17H20FNO2/c1-3-15(13-6-4-5-7-17(13)21-2)19-11-12-8-9-16(20)14(18)10-12/h4-10,15,19-20H,3,11H2,1-2H3. The zero-order valence-corrected chi connectivity index (χ0v) is 12.3. The molecule has 0 aliphatic rings. The van der Waals surface area contributed by atoms with Crippen molar-refractivity contribution in [3.8, 4) is 11.5 Å². The van der Waals surface area contributed by atoms with E-state index in [1.165, 1.54) is 12.1 Å². The predicted octanol–water partition coefficient (Wildman–Crippen LogP) is 3.78. The first-order valence-corrected chi connectivity index (χ1v) is 6.99. The van der Waals surface area contributed by atoms with Gasteiger partial charge in [0, 0.05) is 18.2 Å². The summed E-state index contributed by atoms with van der Waals surface area (Å²) < 4.78 is 18.7. The van der Waals surface area contributed by atoms with Gasteiger partial charge in [-0.1, -0.05) is 31.2 Å². The Bertz CT molecular complexity index is 601. The smallest absolute Gasteiger partial charge is 0.165 e. The number of aromatic hydroxyl groups is 1. The first-order chi connectivity index (χ1) is 10.2. The number of nitrogens with one attached hydrogen (secondary N) is 1. The van der Waals surface area contributed by atoms with Crippen LogP contribution in [0.5, 0.6) is 11.5 Å². The maximum Gasteiger partial charge on any atom is 0.165 e.